The Morgan fingerprint density at radius 1 is 1.11 bits per heavy atom. The third kappa shape index (κ3) is 5.01. The van der Waals surface area contributed by atoms with Crippen LogP contribution < -0.4 is 10.6 Å². The lowest BCUT2D eigenvalue weighted by Gasteiger charge is -2.37. The zero-order valence-electron chi connectivity index (χ0n) is 16.6. The molecule has 1 atom stereocenters. The van der Waals surface area contributed by atoms with Crippen LogP contribution in [0.5, 0.6) is 0 Å². The highest BCUT2D eigenvalue weighted by molar-refractivity contribution is 5.80. The number of primary amides is 1. The maximum absolute atomic E-state index is 12.8. The topological polar surface area (TPSA) is 71.1 Å². The van der Waals surface area contributed by atoms with Gasteiger partial charge in [-0.2, -0.15) is 0 Å². The molecule has 27 heavy (non-hydrogen) atoms. The normalized spacial score (nSPS) is 21.5. The Morgan fingerprint density at radius 3 is 2.37 bits per heavy atom. The number of hydrogen-bond acceptors (Lipinski definition) is 2. The SMILES string of the molecule is CC(C)c1ccc(C[NH+]2CCN(C(=O)[C@@H]3CCCN(C(N)=O)C3)CC2)cc1. The largest absolute Gasteiger partial charge is 0.351 e. The molecule has 148 valence electrons. The Labute approximate surface area is 162 Å². The molecule has 1 aromatic rings. The van der Waals surface area contributed by atoms with Crippen LogP contribution in [0.2, 0.25) is 0 Å². The third-order valence-corrected chi connectivity index (χ3v) is 5.97. The minimum absolute atomic E-state index is 0.0867. The van der Waals surface area contributed by atoms with Gasteiger partial charge in [-0.25, -0.2) is 4.79 Å². The lowest BCUT2D eigenvalue weighted by atomic mass is 9.96. The maximum atomic E-state index is 12.8. The first-order chi connectivity index (χ1) is 12.9. The van der Waals surface area contributed by atoms with Crippen molar-refractivity contribution in [1.82, 2.24) is 9.80 Å². The second-order valence-electron chi connectivity index (χ2n) is 8.27. The molecule has 3 N–H and O–H groups in total. The van der Waals surface area contributed by atoms with E-state index in [4.69, 9.17) is 5.73 Å². The number of urea groups is 1. The van der Waals surface area contributed by atoms with Gasteiger partial charge in [0.1, 0.15) is 6.54 Å². The average molecular weight is 374 g/mol. The van der Waals surface area contributed by atoms with Crippen molar-refractivity contribution in [2.45, 2.75) is 39.2 Å². The van der Waals surface area contributed by atoms with Crippen molar-refractivity contribution in [3.8, 4) is 0 Å². The number of rotatable bonds is 4. The van der Waals surface area contributed by atoms with Crippen LogP contribution in [0.25, 0.3) is 0 Å². The number of hydrogen-bond donors (Lipinski definition) is 2. The van der Waals surface area contributed by atoms with E-state index in [2.05, 4.69) is 38.1 Å². The summed E-state index contributed by atoms with van der Waals surface area (Å²) in [6, 6.07) is 8.52. The Hall–Kier alpha value is -2.08. The van der Waals surface area contributed by atoms with Gasteiger partial charge < -0.3 is 20.4 Å². The Kier molecular flexibility index (Phi) is 6.37. The van der Waals surface area contributed by atoms with Gasteiger partial charge in [-0.1, -0.05) is 38.1 Å². The number of nitrogens with zero attached hydrogens (tertiary/aromatic N) is 2. The number of nitrogens with two attached hydrogens (primary N) is 1. The first-order valence-corrected chi connectivity index (χ1v) is 10.2. The molecule has 0 spiro atoms. The number of benzene rings is 1. The highest BCUT2D eigenvalue weighted by Gasteiger charge is 2.32. The number of carbonyl (C=O) groups excluding carboxylic acids is 2. The summed E-state index contributed by atoms with van der Waals surface area (Å²) < 4.78 is 0. The second kappa shape index (κ2) is 8.74. The first kappa shape index (κ1) is 19.7. The minimum Gasteiger partial charge on any atom is -0.351 e. The van der Waals surface area contributed by atoms with Gasteiger partial charge in [0.25, 0.3) is 0 Å². The molecule has 3 amide bonds. The summed E-state index contributed by atoms with van der Waals surface area (Å²) in [5, 5.41) is 0. The minimum atomic E-state index is -0.412. The molecule has 6 heteroatoms. The number of carbonyl (C=O) groups is 2. The Morgan fingerprint density at radius 2 is 1.78 bits per heavy atom. The highest BCUT2D eigenvalue weighted by atomic mass is 16.2. The molecular formula is C21H33N4O2+. The summed E-state index contributed by atoms with van der Waals surface area (Å²) in [6.07, 6.45) is 1.72. The van der Waals surface area contributed by atoms with Gasteiger partial charge in [-0.15, -0.1) is 0 Å². The van der Waals surface area contributed by atoms with Gasteiger partial charge in [0, 0.05) is 18.7 Å². The van der Waals surface area contributed by atoms with Gasteiger partial charge in [0.15, 0.2) is 0 Å². The molecule has 2 heterocycles. The van der Waals surface area contributed by atoms with E-state index in [-0.39, 0.29) is 11.8 Å². The summed E-state index contributed by atoms with van der Waals surface area (Å²) in [4.78, 5) is 29.3. The monoisotopic (exact) mass is 373 g/mol. The van der Waals surface area contributed by atoms with Gasteiger partial charge in [-0.3, -0.25) is 4.79 Å². The molecular weight excluding hydrogens is 340 g/mol. The quantitative estimate of drug-likeness (QED) is 0.821. The van der Waals surface area contributed by atoms with Crippen LogP contribution in [-0.2, 0) is 11.3 Å². The van der Waals surface area contributed by atoms with Crippen molar-refractivity contribution >= 4 is 11.9 Å². The lowest BCUT2D eigenvalue weighted by molar-refractivity contribution is -0.917. The molecule has 2 aliphatic rings. The molecule has 0 unspecified atom stereocenters. The van der Waals surface area contributed by atoms with E-state index in [1.165, 1.54) is 16.0 Å². The number of amides is 3. The van der Waals surface area contributed by atoms with E-state index in [1.54, 1.807) is 4.90 Å². The van der Waals surface area contributed by atoms with E-state index in [0.29, 0.717) is 19.0 Å². The molecule has 1 aromatic carbocycles. The molecule has 2 aliphatic heterocycles. The zero-order chi connectivity index (χ0) is 19.4. The first-order valence-electron chi connectivity index (χ1n) is 10.2. The van der Waals surface area contributed by atoms with E-state index < -0.39 is 6.03 Å². The van der Waals surface area contributed by atoms with Crippen LogP contribution in [0, 0.1) is 5.92 Å². The second-order valence-corrected chi connectivity index (χ2v) is 8.27. The molecule has 3 rings (SSSR count). The summed E-state index contributed by atoms with van der Waals surface area (Å²) in [5.41, 5.74) is 8.12. The molecule has 0 saturated carbocycles. The molecule has 0 aliphatic carbocycles. The molecule has 0 radical (unpaired) electrons. The average Bonchev–Trinajstić information content (AvgIpc) is 2.68. The van der Waals surface area contributed by atoms with Crippen molar-refractivity contribution in [1.29, 1.82) is 0 Å². The predicted octanol–water partition coefficient (Wildman–Crippen LogP) is 0.828. The van der Waals surface area contributed by atoms with Crippen LogP contribution in [0.15, 0.2) is 24.3 Å². The summed E-state index contributed by atoms with van der Waals surface area (Å²) in [6.45, 7) is 10.1. The molecule has 6 nitrogen and oxygen atoms in total. The number of quaternary nitrogens is 1. The fourth-order valence-corrected chi connectivity index (χ4v) is 4.17. The van der Waals surface area contributed by atoms with Gasteiger partial charge in [0.2, 0.25) is 5.91 Å². The number of nitrogens with one attached hydrogen (secondary N) is 1. The fraction of sp³-hybridized carbons (Fsp3) is 0.619. The zero-order valence-corrected chi connectivity index (χ0v) is 16.6. The van der Waals surface area contributed by atoms with E-state index in [9.17, 15) is 9.59 Å². The molecule has 2 fully saturated rings. The van der Waals surface area contributed by atoms with Crippen molar-refractivity contribution in [2.75, 3.05) is 39.3 Å². The number of piperazine rings is 1. The third-order valence-electron chi connectivity index (χ3n) is 5.97. The fourth-order valence-electron chi connectivity index (χ4n) is 4.17. The van der Waals surface area contributed by atoms with Crippen LogP contribution in [0.3, 0.4) is 0 Å². The van der Waals surface area contributed by atoms with Crippen molar-refractivity contribution in [3.05, 3.63) is 35.4 Å². The summed E-state index contributed by atoms with van der Waals surface area (Å²) in [5.74, 6) is 0.670. The standard InChI is InChI=1S/C21H32N4O2/c1-16(2)18-7-5-17(6-8-18)14-23-10-12-24(13-11-23)20(26)19-4-3-9-25(15-19)21(22)27/h5-8,16,19H,3-4,9-15H2,1-2H3,(H2,22,27)/p+1/t19-/m1/s1. The summed E-state index contributed by atoms with van der Waals surface area (Å²) >= 11 is 0. The Bertz CT molecular complexity index is 651. The van der Waals surface area contributed by atoms with E-state index >= 15 is 0 Å². The summed E-state index contributed by atoms with van der Waals surface area (Å²) in [7, 11) is 0. The van der Waals surface area contributed by atoms with Crippen molar-refractivity contribution < 1.29 is 14.5 Å². The van der Waals surface area contributed by atoms with E-state index in [1.807, 2.05) is 4.90 Å². The van der Waals surface area contributed by atoms with Gasteiger partial charge in [0.05, 0.1) is 32.1 Å². The Balaban J connectivity index is 1.48. The molecule has 2 saturated heterocycles. The van der Waals surface area contributed by atoms with Gasteiger partial charge >= 0.3 is 6.03 Å². The predicted molar refractivity (Wildman–Crippen MR) is 105 cm³/mol. The maximum Gasteiger partial charge on any atom is 0.314 e. The van der Waals surface area contributed by atoms with Crippen LogP contribution in [-0.4, -0.2) is 61.0 Å². The number of likely N-dealkylation sites (tertiary alicyclic amines) is 1. The van der Waals surface area contributed by atoms with E-state index in [0.717, 1.165) is 45.6 Å². The van der Waals surface area contributed by atoms with Gasteiger partial charge in [-0.05, 0) is 24.3 Å². The lowest BCUT2D eigenvalue weighted by Crippen LogP contribution is -3.13. The number of piperidine rings is 1. The molecule has 0 bridgehead atoms. The van der Waals surface area contributed by atoms with Crippen molar-refractivity contribution in [3.63, 3.8) is 0 Å². The molecule has 0 aromatic heterocycles. The van der Waals surface area contributed by atoms with Crippen LogP contribution in [0.1, 0.15) is 43.7 Å². The van der Waals surface area contributed by atoms with Crippen LogP contribution >= 0.6 is 0 Å². The highest BCUT2D eigenvalue weighted by Crippen LogP contribution is 2.19. The van der Waals surface area contributed by atoms with Crippen molar-refractivity contribution in [2.24, 2.45) is 11.7 Å². The van der Waals surface area contributed by atoms with Crippen LogP contribution in [0.4, 0.5) is 4.79 Å². The smallest absolute Gasteiger partial charge is 0.314 e.